The van der Waals surface area contributed by atoms with E-state index in [9.17, 15) is 4.79 Å². The minimum absolute atomic E-state index is 0.0498. The minimum atomic E-state index is -0.292. The largest absolute Gasteiger partial charge is 0.460 e. The van der Waals surface area contributed by atoms with Gasteiger partial charge < -0.3 is 4.74 Å². The molecule has 4 aliphatic rings. The molecular formula is C17H28O2. The van der Waals surface area contributed by atoms with Gasteiger partial charge in [-0.05, 0) is 82.0 Å². The van der Waals surface area contributed by atoms with E-state index >= 15 is 0 Å². The lowest BCUT2D eigenvalue weighted by molar-refractivity contribution is -0.164. The summed E-state index contributed by atoms with van der Waals surface area (Å²) in [6.45, 7) is 6.12. The van der Waals surface area contributed by atoms with E-state index in [0.29, 0.717) is 11.8 Å². The second-order valence-corrected chi connectivity index (χ2v) is 8.18. The van der Waals surface area contributed by atoms with Crippen LogP contribution in [0, 0.1) is 23.2 Å². The van der Waals surface area contributed by atoms with Crippen LogP contribution in [0.2, 0.25) is 0 Å². The Bertz CT molecular complexity index is 334. The lowest BCUT2D eigenvalue weighted by Crippen LogP contribution is -2.47. The van der Waals surface area contributed by atoms with Gasteiger partial charge in [0.05, 0.1) is 6.42 Å². The highest BCUT2D eigenvalue weighted by Crippen LogP contribution is 2.61. The SMILES string of the molecule is CCC(C)(C)OC(=O)CC12CC3CC(CC(C3)C1)C2. The lowest BCUT2D eigenvalue weighted by atomic mass is 9.49. The van der Waals surface area contributed by atoms with Crippen molar-refractivity contribution in [3.8, 4) is 0 Å². The first kappa shape index (κ1) is 13.5. The Kier molecular flexibility index (Phi) is 3.18. The summed E-state index contributed by atoms with van der Waals surface area (Å²) in [5, 5.41) is 0. The van der Waals surface area contributed by atoms with E-state index in [1.54, 1.807) is 0 Å². The second-order valence-electron chi connectivity index (χ2n) is 8.18. The van der Waals surface area contributed by atoms with Gasteiger partial charge in [-0.3, -0.25) is 4.79 Å². The highest BCUT2D eigenvalue weighted by atomic mass is 16.6. The molecule has 0 aromatic rings. The van der Waals surface area contributed by atoms with Crippen LogP contribution < -0.4 is 0 Å². The average molecular weight is 264 g/mol. The molecule has 2 heteroatoms. The zero-order valence-electron chi connectivity index (χ0n) is 12.7. The molecule has 0 spiro atoms. The van der Waals surface area contributed by atoms with Crippen molar-refractivity contribution < 1.29 is 9.53 Å². The zero-order valence-corrected chi connectivity index (χ0v) is 12.7. The van der Waals surface area contributed by atoms with Crippen LogP contribution in [0.5, 0.6) is 0 Å². The minimum Gasteiger partial charge on any atom is -0.460 e. The Morgan fingerprint density at radius 3 is 2.00 bits per heavy atom. The van der Waals surface area contributed by atoms with E-state index in [1.165, 1.54) is 38.5 Å². The summed E-state index contributed by atoms with van der Waals surface area (Å²) in [5.41, 5.74) is 0.0228. The smallest absolute Gasteiger partial charge is 0.306 e. The van der Waals surface area contributed by atoms with E-state index in [1.807, 2.05) is 13.8 Å². The van der Waals surface area contributed by atoms with Gasteiger partial charge in [-0.2, -0.15) is 0 Å². The number of ether oxygens (including phenoxy) is 1. The molecule has 0 aliphatic heterocycles. The lowest BCUT2D eigenvalue weighted by Gasteiger charge is -2.56. The first-order valence-electron chi connectivity index (χ1n) is 8.12. The molecule has 4 fully saturated rings. The predicted octanol–water partition coefficient (Wildman–Crippen LogP) is 4.32. The molecule has 4 saturated carbocycles. The van der Waals surface area contributed by atoms with E-state index in [4.69, 9.17) is 4.74 Å². The molecule has 0 atom stereocenters. The van der Waals surface area contributed by atoms with Gasteiger partial charge in [0.25, 0.3) is 0 Å². The van der Waals surface area contributed by atoms with Crippen LogP contribution in [-0.4, -0.2) is 11.6 Å². The Labute approximate surface area is 117 Å². The third kappa shape index (κ3) is 2.68. The fourth-order valence-corrected chi connectivity index (χ4v) is 5.23. The molecule has 0 aromatic heterocycles. The van der Waals surface area contributed by atoms with Crippen molar-refractivity contribution in [2.24, 2.45) is 23.2 Å². The summed E-state index contributed by atoms with van der Waals surface area (Å²) < 4.78 is 5.69. The number of hydrogen-bond donors (Lipinski definition) is 0. The third-order valence-corrected chi connectivity index (χ3v) is 5.93. The molecule has 2 nitrogen and oxygen atoms in total. The van der Waals surface area contributed by atoms with Gasteiger partial charge in [0.15, 0.2) is 0 Å². The van der Waals surface area contributed by atoms with E-state index in [2.05, 4.69) is 6.92 Å². The summed E-state index contributed by atoms with van der Waals surface area (Å²) in [7, 11) is 0. The quantitative estimate of drug-likeness (QED) is 0.707. The highest BCUT2D eigenvalue weighted by molar-refractivity contribution is 5.71. The van der Waals surface area contributed by atoms with Crippen molar-refractivity contribution in [3.05, 3.63) is 0 Å². The fraction of sp³-hybridized carbons (Fsp3) is 0.941. The molecule has 4 rings (SSSR count). The zero-order chi connectivity index (χ0) is 13.7. The summed E-state index contributed by atoms with van der Waals surface area (Å²) in [6, 6.07) is 0. The molecule has 0 aromatic carbocycles. The maximum atomic E-state index is 12.3. The van der Waals surface area contributed by atoms with Crippen molar-refractivity contribution in [3.63, 3.8) is 0 Å². The summed E-state index contributed by atoms with van der Waals surface area (Å²) in [6.07, 6.45) is 9.76. The van der Waals surface area contributed by atoms with Crippen LogP contribution in [0.15, 0.2) is 0 Å². The highest BCUT2D eigenvalue weighted by Gasteiger charge is 2.51. The molecule has 0 heterocycles. The van der Waals surface area contributed by atoms with Crippen molar-refractivity contribution in [2.75, 3.05) is 0 Å². The average Bonchev–Trinajstić information content (AvgIpc) is 2.25. The first-order valence-corrected chi connectivity index (χ1v) is 8.12. The molecule has 0 unspecified atom stereocenters. The molecule has 19 heavy (non-hydrogen) atoms. The van der Waals surface area contributed by atoms with Crippen LogP contribution >= 0.6 is 0 Å². The maximum absolute atomic E-state index is 12.3. The number of rotatable bonds is 4. The molecule has 0 amide bonds. The van der Waals surface area contributed by atoms with Gasteiger partial charge in [0.2, 0.25) is 0 Å². The van der Waals surface area contributed by atoms with E-state index in [-0.39, 0.29) is 11.6 Å². The van der Waals surface area contributed by atoms with Crippen molar-refractivity contribution in [2.45, 2.75) is 77.7 Å². The predicted molar refractivity (Wildman–Crippen MR) is 75.7 cm³/mol. The van der Waals surface area contributed by atoms with Gasteiger partial charge >= 0.3 is 5.97 Å². The molecule has 0 saturated heterocycles. The number of carbonyl (C=O) groups is 1. The Balaban J connectivity index is 1.65. The maximum Gasteiger partial charge on any atom is 0.306 e. The Morgan fingerprint density at radius 1 is 1.11 bits per heavy atom. The standard InChI is InChI=1S/C17H28O2/c1-4-16(2,3)19-15(18)11-17-8-12-5-13(9-17)7-14(6-12)10-17/h12-14H,4-11H2,1-3H3. The van der Waals surface area contributed by atoms with Crippen LogP contribution in [0.3, 0.4) is 0 Å². The van der Waals surface area contributed by atoms with E-state index in [0.717, 1.165) is 24.2 Å². The molecule has 0 radical (unpaired) electrons. The van der Waals surface area contributed by atoms with Crippen molar-refractivity contribution in [1.82, 2.24) is 0 Å². The molecule has 4 aliphatic carbocycles. The van der Waals surface area contributed by atoms with Gasteiger partial charge in [0.1, 0.15) is 5.60 Å². The van der Waals surface area contributed by atoms with Crippen LogP contribution in [0.4, 0.5) is 0 Å². The van der Waals surface area contributed by atoms with Gasteiger partial charge in [-0.25, -0.2) is 0 Å². The Hall–Kier alpha value is -0.530. The molecule has 108 valence electrons. The van der Waals surface area contributed by atoms with Crippen molar-refractivity contribution >= 4 is 5.97 Å². The van der Waals surface area contributed by atoms with Crippen LogP contribution in [-0.2, 0) is 9.53 Å². The van der Waals surface area contributed by atoms with Gasteiger partial charge in [0, 0.05) is 0 Å². The van der Waals surface area contributed by atoms with Gasteiger partial charge in [-0.15, -0.1) is 0 Å². The van der Waals surface area contributed by atoms with Gasteiger partial charge in [-0.1, -0.05) is 6.92 Å². The first-order chi connectivity index (χ1) is 8.90. The molecule has 4 bridgehead atoms. The van der Waals surface area contributed by atoms with Crippen LogP contribution in [0.1, 0.15) is 72.1 Å². The van der Waals surface area contributed by atoms with Crippen molar-refractivity contribution in [1.29, 1.82) is 0 Å². The second kappa shape index (κ2) is 4.49. The Morgan fingerprint density at radius 2 is 1.58 bits per heavy atom. The molecular weight excluding hydrogens is 236 g/mol. The number of carbonyl (C=O) groups excluding carboxylic acids is 1. The monoisotopic (exact) mass is 264 g/mol. The fourth-order valence-electron chi connectivity index (χ4n) is 5.23. The normalized spacial score (nSPS) is 40.5. The van der Waals surface area contributed by atoms with Crippen LogP contribution in [0.25, 0.3) is 0 Å². The topological polar surface area (TPSA) is 26.3 Å². The van der Waals surface area contributed by atoms with E-state index < -0.39 is 0 Å². The number of hydrogen-bond acceptors (Lipinski definition) is 2. The third-order valence-electron chi connectivity index (χ3n) is 5.93. The summed E-state index contributed by atoms with van der Waals surface area (Å²) in [5.74, 6) is 2.79. The number of esters is 1. The molecule has 0 N–H and O–H groups in total. The summed E-state index contributed by atoms with van der Waals surface area (Å²) in [4.78, 5) is 12.3. The summed E-state index contributed by atoms with van der Waals surface area (Å²) >= 11 is 0.